The first-order chi connectivity index (χ1) is 11.2. The van der Waals surface area contributed by atoms with Gasteiger partial charge >= 0.3 is 0 Å². The van der Waals surface area contributed by atoms with E-state index >= 15 is 0 Å². The Bertz CT molecular complexity index is 699. The van der Waals surface area contributed by atoms with Crippen LogP contribution in [0, 0.1) is 0 Å². The Morgan fingerprint density at radius 1 is 1.17 bits per heavy atom. The molecule has 1 aliphatic rings. The van der Waals surface area contributed by atoms with E-state index in [1.54, 1.807) is 0 Å². The molecule has 0 aliphatic heterocycles. The Morgan fingerprint density at radius 2 is 1.96 bits per heavy atom. The van der Waals surface area contributed by atoms with Gasteiger partial charge in [-0.2, -0.15) is 0 Å². The number of carbonyl (C=O) groups excluding carboxylic acids is 2. The molecule has 0 saturated heterocycles. The Balaban J connectivity index is 1.62. The maximum absolute atomic E-state index is 12.2. The number of carbonyl (C=O) groups is 2. The molecule has 23 heavy (non-hydrogen) atoms. The summed E-state index contributed by atoms with van der Waals surface area (Å²) in [5.41, 5.74) is 6.86. The number of amides is 2. The number of fused-ring (bicyclic) bond motifs is 1. The van der Waals surface area contributed by atoms with Gasteiger partial charge in [0, 0.05) is 4.88 Å². The van der Waals surface area contributed by atoms with Gasteiger partial charge in [-0.3, -0.25) is 20.4 Å². The van der Waals surface area contributed by atoms with Gasteiger partial charge in [0.15, 0.2) is 0 Å². The third-order valence-electron chi connectivity index (χ3n) is 3.86. The van der Waals surface area contributed by atoms with Gasteiger partial charge in [0.25, 0.3) is 11.8 Å². The zero-order valence-corrected chi connectivity index (χ0v) is 14.5. The molecule has 2 aromatic rings. The highest BCUT2D eigenvalue weighted by Gasteiger charge is 2.19. The van der Waals surface area contributed by atoms with Crippen molar-refractivity contribution in [1.29, 1.82) is 0 Å². The molecule has 1 aliphatic carbocycles. The number of rotatable bonds is 3. The number of hydrazine groups is 1. The van der Waals surface area contributed by atoms with Gasteiger partial charge in [-0.15, -0.1) is 16.4 Å². The van der Waals surface area contributed by atoms with Crippen molar-refractivity contribution < 1.29 is 9.59 Å². The van der Waals surface area contributed by atoms with Crippen molar-refractivity contribution in [3.05, 3.63) is 32.0 Å². The van der Waals surface area contributed by atoms with Gasteiger partial charge in [0.05, 0.1) is 10.6 Å². The van der Waals surface area contributed by atoms with E-state index in [2.05, 4.69) is 20.4 Å². The van der Waals surface area contributed by atoms with Crippen molar-refractivity contribution >= 4 is 34.7 Å². The molecule has 2 N–H and O–H groups in total. The van der Waals surface area contributed by atoms with Crippen molar-refractivity contribution in [2.24, 2.45) is 0 Å². The van der Waals surface area contributed by atoms with Gasteiger partial charge in [-0.1, -0.05) is 17.8 Å². The Labute approximate surface area is 142 Å². The fraction of sp³-hybridized carbons (Fsp3) is 0.467. The Morgan fingerprint density at radius 3 is 2.78 bits per heavy atom. The van der Waals surface area contributed by atoms with Crippen LogP contribution in [0.2, 0.25) is 0 Å². The van der Waals surface area contributed by atoms with E-state index < -0.39 is 0 Å². The topological polar surface area (TPSA) is 84.0 Å². The highest BCUT2D eigenvalue weighted by molar-refractivity contribution is 7.14. The molecule has 6 nitrogen and oxygen atoms in total. The van der Waals surface area contributed by atoms with Crippen LogP contribution in [0.3, 0.4) is 0 Å². The molecule has 0 unspecified atom stereocenters. The summed E-state index contributed by atoms with van der Waals surface area (Å²) in [7, 11) is 0. The molecule has 0 atom stereocenters. The quantitative estimate of drug-likeness (QED) is 0.658. The summed E-state index contributed by atoms with van der Waals surface area (Å²) in [4.78, 5) is 26.7. The van der Waals surface area contributed by atoms with Crippen LogP contribution in [0.25, 0.3) is 0 Å². The van der Waals surface area contributed by atoms with Gasteiger partial charge in [-0.05, 0) is 55.3 Å². The first-order valence-corrected chi connectivity index (χ1v) is 9.31. The number of nitrogens with zero attached hydrogens (tertiary/aromatic N) is 2. The van der Waals surface area contributed by atoms with Gasteiger partial charge in [0.1, 0.15) is 4.88 Å². The van der Waals surface area contributed by atoms with Crippen LogP contribution in [0.5, 0.6) is 0 Å². The average Bonchev–Trinajstić information content (AvgIpc) is 3.14. The van der Waals surface area contributed by atoms with Crippen molar-refractivity contribution in [2.75, 3.05) is 0 Å². The summed E-state index contributed by atoms with van der Waals surface area (Å²) in [6.45, 7) is 1.91. The van der Waals surface area contributed by atoms with Gasteiger partial charge < -0.3 is 0 Å². The minimum absolute atomic E-state index is 0.271. The molecule has 0 fully saturated rings. The molecule has 8 heteroatoms. The van der Waals surface area contributed by atoms with E-state index in [0.717, 1.165) is 24.4 Å². The second-order valence-electron chi connectivity index (χ2n) is 5.43. The molecule has 2 amide bonds. The van der Waals surface area contributed by atoms with E-state index in [9.17, 15) is 9.59 Å². The summed E-state index contributed by atoms with van der Waals surface area (Å²) in [5, 5.41) is 3.89. The summed E-state index contributed by atoms with van der Waals surface area (Å²) in [5.74, 6) is -0.643. The predicted octanol–water partition coefficient (Wildman–Crippen LogP) is 2.51. The summed E-state index contributed by atoms with van der Waals surface area (Å²) >= 11 is 2.56. The molecule has 0 bridgehead atoms. The number of thiophene rings is 1. The van der Waals surface area contributed by atoms with Crippen LogP contribution in [-0.2, 0) is 19.3 Å². The molecule has 2 heterocycles. The van der Waals surface area contributed by atoms with Crippen molar-refractivity contribution in [2.45, 2.75) is 45.4 Å². The lowest BCUT2D eigenvalue weighted by atomic mass is 10.1. The van der Waals surface area contributed by atoms with E-state index in [1.165, 1.54) is 41.0 Å². The van der Waals surface area contributed by atoms with Gasteiger partial charge in [0.2, 0.25) is 0 Å². The normalized spacial score (nSPS) is 14.0. The van der Waals surface area contributed by atoms with Crippen LogP contribution >= 0.6 is 22.9 Å². The standard InChI is InChI=1S/C15H18N4O2S2/c1-2-10-13(23-19-16-10)15(21)18-17-14(20)12-8-9-6-4-3-5-7-11(9)22-12/h8H,2-7H2,1H3,(H,17,20)(H,18,21). The lowest BCUT2D eigenvalue weighted by Crippen LogP contribution is -2.41. The summed E-state index contributed by atoms with van der Waals surface area (Å²) in [6.07, 6.45) is 6.33. The highest BCUT2D eigenvalue weighted by atomic mass is 32.1. The zero-order valence-electron chi connectivity index (χ0n) is 12.8. The van der Waals surface area contributed by atoms with Crippen molar-refractivity contribution in [3.8, 4) is 0 Å². The van der Waals surface area contributed by atoms with Gasteiger partial charge in [-0.25, -0.2) is 0 Å². The lowest BCUT2D eigenvalue weighted by molar-refractivity contribution is 0.0850. The Hall–Kier alpha value is -1.80. The zero-order chi connectivity index (χ0) is 16.2. The first kappa shape index (κ1) is 16.1. The van der Waals surface area contributed by atoms with Crippen molar-refractivity contribution in [3.63, 3.8) is 0 Å². The van der Waals surface area contributed by atoms with E-state index in [-0.39, 0.29) is 11.8 Å². The molecule has 2 aromatic heterocycles. The second-order valence-corrected chi connectivity index (χ2v) is 7.32. The van der Waals surface area contributed by atoms with Crippen LogP contribution < -0.4 is 10.9 Å². The SMILES string of the molecule is CCc1nnsc1C(=O)NNC(=O)c1cc2c(s1)CCCCC2. The summed E-state index contributed by atoms with van der Waals surface area (Å²) in [6, 6.07) is 1.96. The van der Waals surface area contributed by atoms with E-state index in [1.807, 2.05) is 13.0 Å². The molecule has 3 rings (SSSR count). The molecular weight excluding hydrogens is 332 g/mol. The number of hydrogen-bond acceptors (Lipinski definition) is 6. The van der Waals surface area contributed by atoms with Crippen LogP contribution in [0.1, 0.15) is 61.7 Å². The largest absolute Gasteiger partial charge is 0.283 e. The number of hydrogen-bond donors (Lipinski definition) is 2. The van der Waals surface area contributed by atoms with Crippen LogP contribution in [0.15, 0.2) is 6.07 Å². The minimum atomic E-state index is -0.372. The Kier molecular flexibility index (Phi) is 5.02. The summed E-state index contributed by atoms with van der Waals surface area (Å²) < 4.78 is 3.77. The maximum atomic E-state index is 12.2. The van der Waals surface area contributed by atoms with Crippen molar-refractivity contribution in [1.82, 2.24) is 20.4 Å². The third-order valence-corrected chi connectivity index (χ3v) is 5.86. The molecule has 0 saturated carbocycles. The molecule has 122 valence electrons. The number of aromatic nitrogens is 2. The van der Waals surface area contributed by atoms with Crippen LogP contribution in [-0.4, -0.2) is 21.4 Å². The van der Waals surface area contributed by atoms with Crippen LogP contribution in [0.4, 0.5) is 0 Å². The highest BCUT2D eigenvalue weighted by Crippen LogP contribution is 2.28. The molecule has 0 radical (unpaired) electrons. The predicted molar refractivity (Wildman–Crippen MR) is 89.8 cm³/mol. The maximum Gasteiger partial charge on any atom is 0.283 e. The third kappa shape index (κ3) is 3.59. The average molecular weight is 350 g/mol. The fourth-order valence-corrected chi connectivity index (χ4v) is 4.42. The minimum Gasteiger partial charge on any atom is -0.266 e. The molecular formula is C15H18N4O2S2. The molecule has 0 spiro atoms. The molecule has 0 aromatic carbocycles. The number of nitrogens with one attached hydrogen (secondary N) is 2. The first-order valence-electron chi connectivity index (χ1n) is 7.72. The van der Waals surface area contributed by atoms with E-state index in [0.29, 0.717) is 21.9 Å². The van der Waals surface area contributed by atoms with E-state index in [4.69, 9.17) is 0 Å². The lowest BCUT2D eigenvalue weighted by Gasteiger charge is -2.05. The monoisotopic (exact) mass is 350 g/mol. The number of aryl methyl sites for hydroxylation is 3. The smallest absolute Gasteiger partial charge is 0.266 e. The fourth-order valence-electron chi connectivity index (χ4n) is 2.62. The second kappa shape index (κ2) is 7.18.